The molecule has 8 aromatic rings. The fraction of sp³-hybridized carbons (Fsp3) is 0. The molecule has 0 aliphatic rings. The molecule has 0 atom stereocenters. The standard InChI is InChI=1S/4C6H5NO3.4C4H7N5/c4*8-6-3-1-5(2-4-6)7(9)10;4*5-2-1-3(6)9-4(7)8-2/h4*1-4,8H;4*1H,(H6,5,6,7,8,9). The van der Waals surface area contributed by atoms with Gasteiger partial charge >= 0.3 is 23.8 Å². The Hall–Kier alpha value is -12.4. The Morgan fingerprint density at radius 1 is 0.289 bits per heavy atom. The van der Waals surface area contributed by atoms with Gasteiger partial charge in [0.05, 0.1) is 44.0 Å². The summed E-state index contributed by atoms with van der Waals surface area (Å²) in [6, 6.07) is 24.8. The van der Waals surface area contributed by atoms with Gasteiger partial charge in [0.25, 0.3) is 22.7 Å². The van der Waals surface area contributed by atoms with Crippen molar-refractivity contribution in [2.24, 2.45) is 0 Å². The van der Waals surface area contributed by atoms with E-state index >= 15 is 0 Å². The lowest BCUT2D eigenvalue weighted by Crippen LogP contribution is -2.18. The topological polar surface area (TPSA) is 685 Å². The highest BCUT2D eigenvalue weighted by Crippen LogP contribution is 2.16. The summed E-state index contributed by atoms with van der Waals surface area (Å²) in [5, 5.41) is 81.7. The number of nitrogens with zero attached hydrogens (tertiary/aromatic N) is 8. The molecule has 0 saturated heterocycles. The molecular weight excluding hydrogens is 1010 g/mol. The molecule has 8 rings (SSSR count). The van der Waals surface area contributed by atoms with Crippen LogP contribution in [-0.4, -0.2) is 39.6 Å². The molecule has 36 nitrogen and oxygen atoms in total. The van der Waals surface area contributed by atoms with Crippen LogP contribution in [0.4, 0.5) is 93.1 Å². The molecule has 4 aromatic carbocycles. The number of aromatic amines is 4. The first-order chi connectivity index (χ1) is 35.5. The zero-order valence-corrected chi connectivity index (χ0v) is 39.0. The van der Waals surface area contributed by atoms with Crippen LogP contribution in [0.1, 0.15) is 0 Å². The van der Waals surface area contributed by atoms with Crippen molar-refractivity contribution in [3.8, 4) is 23.0 Å². The number of nitrogens with two attached hydrogens (primary N) is 12. The number of benzene rings is 4. The lowest BCUT2D eigenvalue weighted by atomic mass is 10.3. The smallest absolute Gasteiger partial charge is 0.344 e. The highest BCUT2D eigenvalue weighted by molar-refractivity contribution is 5.42. The number of hydrogen-bond acceptors (Lipinski definition) is 28. The van der Waals surface area contributed by atoms with E-state index in [1.807, 2.05) is 0 Å². The van der Waals surface area contributed by atoms with E-state index in [-0.39, 0.29) is 69.5 Å². The number of aromatic nitrogens is 8. The second kappa shape index (κ2) is 31.0. The predicted molar refractivity (Wildman–Crippen MR) is 266 cm³/mol. The van der Waals surface area contributed by atoms with E-state index in [0.29, 0.717) is 46.5 Å². The minimum Gasteiger partial charge on any atom is -0.872 e. The summed E-state index contributed by atoms with van der Waals surface area (Å²) >= 11 is 0. The third-order valence-electron chi connectivity index (χ3n) is 7.49. The van der Waals surface area contributed by atoms with E-state index in [1.165, 1.54) is 72.8 Å². The van der Waals surface area contributed by atoms with Crippen molar-refractivity contribution in [1.29, 1.82) is 0 Å². The molecule has 28 N–H and O–H groups in total. The van der Waals surface area contributed by atoms with Crippen LogP contribution >= 0.6 is 0 Å². The van der Waals surface area contributed by atoms with E-state index in [2.05, 4.69) is 39.9 Å². The predicted octanol–water partition coefficient (Wildman–Crippen LogP) is -2.76. The molecule has 0 radical (unpaired) electrons. The number of nitrogens with one attached hydrogen (secondary N) is 4. The van der Waals surface area contributed by atoms with Gasteiger partial charge in [0.2, 0.25) is 0 Å². The number of nitro benzene ring substituents is 4. The van der Waals surface area contributed by atoms with Gasteiger partial charge in [-0.15, -0.1) is 23.0 Å². The van der Waals surface area contributed by atoms with Gasteiger partial charge in [0.15, 0.2) is 46.5 Å². The number of nitro groups is 4. The van der Waals surface area contributed by atoms with Crippen molar-refractivity contribution in [3.05, 3.63) is 162 Å². The van der Waals surface area contributed by atoms with Crippen LogP contribution in [0.25, 0.3) is 0 Å². The van der Waals surface area contributed by atoms with E-state index in [4.69, 9.17) is 68.8 Å². The Bertz CT molecular complexity index is 2510. The van der Waals surface area contributed by atoms with Gasteiger partial charge in [-0.25, -0.2) is 19.9 Å². The van der Waals surface area contributed by atoms with Gasteiger partial charge in [-0.1, -0.05) is 68.5 Å². The van der Waals surface area contributed by atoms with Gasteiger partial charge in [0.1, 0.15) is 0 Å². The van der Waals surface area contributed by atoms with Gasteiger partial charge in [-0.2, -0.15) is 0 Å². The molecule has 0 aliphatic heterocycles. The summed E-state index contributed by atoms with van der Waals surface area (Å²) in [6.45, 7) is 0. The van der Waals surface area contributed by atoms with Gasteiger partial charge in [0, 0.05) is 48.5 Å². The summed E-state index contributed by atoms with van der Waals surface area (Å²) in [5.41, 5.74) is 63.0. The van der Waals surface area contributed by atoms with E-state index in [9.17, 15) is 60.9 Å². The fourth-order valence-corrected chi connectivity index (χ4v) is 4.44. The van der Waals surface area contributed by atoms with Crippen LogP contribution in [0.5, 0.6) is 23.0 Å². The second-order valence-corrected chi connectivity index (χ2v) is 13.6. The maximum absolute atomic E-state index is 10.4. The molecule has 0 aliphatic carbocycles. The van der Waals surface area contributed by atoms with Crippen molar-refractivity contribution in [3.63, 3.8) is 0 Å². The first-order valence-electron chi connectivity index (χ1n) is 20.0. The average Bonchev–Trinajstić information content (AvgIpc) is 3.29. The van der Waals surface area contributed by atoms with Gasteiger partial charge in [-0.3, -0.25) is 40.5 Å². The molecule has 36 heteroatoms. The van der Waals surface area contributed by atoms with E-state index in [0.717, 1.165) is 48.5 Å². The van der Waals surface area contributed by atoms with Crippen LogP contribution in [0.3, 0.4) is 0 Å². The molecule has 0 spiro atoms. The molecular formula is C40H48N24O12. The Kier molecular flexibility index (Phi) is 25.1. The van der Waals surface area contributed by atoms with Crippen molar-refractivity contribution in [2.75, 3.05) is 68.8 Å². The third kappa shape index (κ3) is 27.0. The molecule has 400 valence electrons. The number of hydrogen-bond donors (Lipinski definition) is 12. The summed E-state index contributed by atoms with van der Waals surface area (Å²) in [4.78, 5) is 62.8. The minimum absolute atomic E-state index is 0.0559. The Labute approximate surface area is 425 Å². The molecule has 4 aromatic heterocycles. The average molecular weight is 1060 g/mol. The number of rotatable bonds is 4. The molecule has 76 heavy (non-hydrogen) atoms. The van der Waals surface area contributed by atoms with Crippen LogP contribution < -0.4 is 109 Å². The summed E-state index contributed by atoms with van der Waals surface area (Å²) in [6.07, 6.45) is 0. The van der Waals surface area contributed by atoms with Gasteiger partial charge < -0.3 is 89.2 Å². The van der Waals surface area contributed by atoms with Crippen LogP contribution in [-0.2, 0) is 0 Å². The zero-order chi connectivity index (χ0) is 57.7. The SMILES string of the molecule is Nc1cc(N)[nH+]c(N)n1.Nc1cc(N)[nH+]c(N)n1.Nc1cc(N)[nH+]c(N)n1.Nc1cc(N)[nH+]c(N)n1.O=[N+]([O-])c1ccc([O-])cc1.O=[N+]([O-])c1ccc([O-])cc1.O=[N+]([O-])c1ccc([O-])cc1.O=[N+]([O-])c1ccc([O-])cc1. The highest BCUT2D eigenvalue weighted by Gasteiger charge is 2.04. The first-order valence-corrected chi connectivity index (χ1v) is 20.0. The Morgan fingerprint density at radius 3 is 0.539 bits per heavy atom. The molecule has 0 fully saturated rings. The second-order valence-electron chi connectivity index (χ2n) is 13.6. The maximum atomic E-state index is 10.4. The highest BCUT2D eigenvalue weighted by atomic mass is 16.6. The lowest BCUT2D eigenvalue weighted by molar-refractivity contribution is -0.385. The van der Waals surface area contributed by atoms with Crippen molar-refractivity contribution in [2.45, 2.75) is 0 Å². The Morgan fingerprint density at radius 2 is 0.434 bits per heavy atom. The largest absolute Gasteiger partial charge is 0.872 e. The molecule has 0 amide bonds. The molecule has 0 unspecified atom stereocenters. The van der Waals surface area contributed by atoms with Crippen LogP contribution in [0.15, 0.2) is 121 Å². The van der Waals surface area contributed by atoms with E-state index < -0.39 is 19.7 Å². The molecule has 0 bridgehead atoms. The fourth-order valence-electron chi connectivity index (χ4n) is 4.44. The van der Waals surface area contributed by atoms with Crippen molar-refractivity contribution >= 4 is 93.1 Å². The monoisotopic (exact) mass is 1060 g/mol. The van der Waals surface area contributed by atoms with Crippen LogP contribution in [0.2, 0.25) is 0 Å². The maximum Gasteiger partial charge on any atom is 0.344 e. The van der Waals surface area contributed by atoms with E-state index in [1.54, 1.807) is 0 Å². The lowest BCUT2D eigenvalue weighted by Gasteiger charge is -2.00. The minimum atomic E-state index is -0.542. The number of non-ortho nitro benzene ring substituents is 4. The summed E-state index contributed by atoms with van der Waals surface area (Å²) in [5.74, 6) is 3.01. The first kappa shape index (κ1) is 61.6. The van der Waals surface area contributed by atoms with Gasteiger partial charge in [-0.05, 0) is 0 Å². The summed E-state index contributed by atoms with van der Waals surface area (Å²) in [7, 11) is 0. The zero-order valence-electron chi connectivity index (χ0n) is 39.0. The molecule has 4 heterocycles. The van der Waals surface area contributed by atoms with Crippen molar-refractivity contribution < 1.29 is 60.1 Å². The van der Waals surface area contributed by atoms with Crippen molar-refractivity contribution in [1.82, 2.24) is 19.9 Å². The third-order valence-corrected chi connectivity index (χ3v) is 7.49. The Balaban J connectivity index is 0.000000434. The number of H-pyrrole nitrogens is 4. The number of nitrogen functional groups attached to an aromatic ring is 12. The normalized spacial score (nSPS) is 9.26. The summed E-state index contributed by atoms with van der Waals surface area (Å²) < 4.78 is 0. The van der Waals surface area contributed by atoms with Crippen LogP contribution in [0, 0.1) is 40.5 Å². The quantitative estimate of drug-likeness (QED) is 0.0627. The number of anilines is 12. The molecule has 0 saturated carbocycles.